The quantitative estimate of drug-likeness (QED) is 0.496. The van der Waals surface area contributed by atoms with Crippen molar-refractivity contribution in [1.29, 1.82) is 0 Å². The number of nitrogens with zero attached hydrogens (tertiary/aromatic N) is 1. The molecule has 17 heavy (non-hydrogen) atoms. The molecule has 2 aromatic rings. The predicted molar refractivity (Wildman–Crippen MR) is 70.1 cm³/mol. The Hall–Kier alpha value is -2.29. The van der Waals surface area contributed by atoms with Gasteiger partial charge in [0.2, 0.25) is 0 Å². The van der Waals surface area contributed by atoms with Crippen LogP contribution in [0.3, 0.4) is 0 Å². The third kappa shape index (κ3) is 2.84. The first-order chi connectivity index (χ1) is 8.27. The summed E-state index contributed by atoms with van der Waals surface area (Å²) in [7, 11) is 0. The Kier molecular flexibility index (Phi) is 3.40. The molecule has 0 aliphatic carbocycles. The molecule has 3 nitrogen and oxygen atoms in total. The van der Waals surface area contributed by atoms with E-state index in [0.717, 1.165) is 11.3 Å². The first kappa shape index (κ1) is 11.2. The van der Waals surface area contributed by atoms with Crippen molar-refractivity contribution in [1.82, 2.24) is 0 Å². The van der Waals surface area contributed by atoms with Crippen molar-refractivity contribution in [3.63, 3.8) is 0 Å². The number of hydrogen-bond donors (Lipinski definition) is 1. The summed E-state index contributed by atoms with van der Waals surface area (Å²) in [6.07, 6.45) is 0. The maximum absolute atomic E-state index is 5.85. The molecule has 0 bridgehead atoms. The Morgan fingerprint density at radius 3 is 2.35 bits per heavy atom. The molecule has 0 atom stereocenters. The molecule has 2 aromatic carbocycles. The number of hydrogen-bond acceptors (Lipinski definition) is 3. The number of oxime groups is 1. The Morgan fingerprint density at radius 1 is 1.00 bits per heavy atom. The van der Waals surface area contributed by atoms with Gasteiger partial charge in [-0.25, -0.2) is 0 Å². The summed E-state index contributed by atoms with van der Waals surface area (Å²) in [6, 6.07) is 17.0. The van der Waals surface area contributed by atoms with E-state index in [9.17, 15) is 0 Å². The fourth-order valence-electron chi connectivity index (χ4n) is 1.48. The topological polar surface area (TPSA) is 47.6 Å². The van der Waals surface area contributed by atoms with Crippen LogP contribution in [0.1, 0.15) is 12.5 Å². The third-order valence-electron chi connectivity index (χ3n) is 2.38. The van der Waals surface area contributed by atoms with Crippen LogP contribution in [0, 0.1) is 0 Å². The third-order valence-corrected chi connectivity index (χ3v) is 2.38. The number of anilines is 1. The minimum absolute atomic E-state index is 0.699. The van der Waals surface area contributed by atoms with Gasteiger partial charge in [-0.1, -0.05) is 41.6 Å². The Morgan fingerprint density at radius 2 is 1.65 bits per heavy atom. The second-order valence-corrected chi connectivity index (χ2v) is 3.67. The van der Waals surface area contributed by atoms with Crippen LogP contribution in [0.25, 0.3) is 0 Å². The van der Waals surface area contributed by atoms with Crippen LogP contribution >= 0.6 is 0 Å². The van der Waals surface area contributed by atoms with E-state index in [0.29, 0.717) is 11.4 Å². The van der Waals surface area contributed by atoms with Crippen molar-refractivity contribution in [2.75, 3.05) is 5.73 Å². The molecule has 86 valence electrons. The van der Waals surface area contributed by atoms with Crippen molar-refractivity contribution in [3.8, 4) is 5.75 Å². The molecule has 3 heteroatoms. The highest BCUT2D eigenvalue weighted by Gasteiger charge is 2.01. The van der Waals surface area contributed by atoms with Crippen molar-refractivity contribution >= 4 is 11.4 Å². The second-order valence-electron chi connectivity index (χ2n) is 3.67. The number of nitrogen functional groups attached to an aromatic ring is 1. The maximum Gasteiger partial charge on any atom is 0.157 e. The zero-order valence-electron chi connectivity index (χ0n) is 9.63. The summed E-state index contributed by atoms with van der Waals surface area (Å²) in [5.74, 6) is 0.710. The Labute approximate surface area is 101 Å². The van der Waals surface area contributed by atoms with Gasteiger partial charge in [0.25, 0.3) is 0 Å². The molecule has 2 rings (SSSR count). The summed E-state index contributed by atoms with van der Waals surface area (Å²) in [6.45, 7) is 1.87. The molecule has 0 saturated carbocycles. The summed E-state index contributed by atoms with van der Waals surface area (Å²) >= 11 is 0. The summed E-state index contributed by atoms with van der Waals surface area (Å²) in [5.41, 5.74) is 8.20. The number of para-hydroxylation sites is 2. The molecule has 0 spiro atoms. The molecule has 0 fully saturated rings. The van der Waals surface area contributed by atoms with E-state index in [-0.39, 0.29) is 0 Å². The fraction of sp³-hybridized carbons (Fsp3) is 0.0714. The SMILES string of the molecule is C/C(=N\Oc1ccccc1)c1ccccc1N. The van der Waals surface area contributed by atoms with Crippen molar-refractivity contribution < 1.29 is 4.84 Å². The van der Waals surface area contributed by atoms with Crippen molar-refractivity contribution in [2.24, 2.45) is 5.16 Å². The van der Waals surface area contributed by atoms with Gasteiger partial charge in [-0.15, -0.1) is 0 Å². The summed E-state index contributed by atoms with van der Waals surface area (Å²) in [5, 5.41) is 4.06. The lowest BCUT2D eigenvalue weighted by Gasteiger charge is -2.04. The first-order valence-electron chi connectivity index (χ1n) is 5.39. The van der Waals surface area contributed by atoms with E-state index >= 15 is 0 Å². The van der Waals surface area contributed by atoms with Gasteiger partial charge in [0.05, 0.1) is 5.71 Å². The largest absolute Gasteiger partial charge is 0.398 e. The van der Waals surface area contributed by atoms with Crippen LogP contribution in [-0.4, -0.2) is 5.71 Å². The Balaban J connectivity index is 2.16. The fourth-order valence-corrected chi connectivity index (χ4v) is 1.48. The second kappa shape index (κ2) is 5.16. The van der Waals surface area contributed by atoms with Crippen molar-refractivity contribution in [3.05, 3.63) is 60.2 Å². The maximum atomic E-state index is 5.85. The minimum Gasteiger partial charge on any atom is -0.398 e. The predicted octanol–water partition coefficient (Wildman–Crippen LogP) is 3.07. The summed E-state index contributed by atoms with van der Waals surface area (Å²) < 4.78 is 0. The average Bonchev–Trinajstić information content (AvgIpc) is 2.38. The van der Waals surface area contributed by atoms with Gasteiger partial charge in [-0.3, -0.25) is 0 Å². The lowest BCUT2D eigenvalue weighted by atomic mass is 10.1. The van der Waals surface area contributed by atoms with Gasteiger partial charge in [0, 0.05) is 11.3 Å². The van der Waals surface area contributed by atoms with Crippen LogP contribution in [0.15, 0.2) is 59.8 Å². The van der Waals surface area contributed by atoms with Gasteiger partial charge < -0.3 is 10.6 Å². The molecule has 0 unspecified atom stereocenters. The molecular weight excluding hydrogens is 212 g/mol. The molecule has 0 saturated heterocycles. The molecular formula is C14H14N2O. The first-order valence-corrected chi connectivity index (χ1v) is 5.39. The normalized spacial score (nSPS) is 11.2. The highest BCUT2D eigenvalue weighted by Crippen LogP contribution is 2.13. The van der Waals surface area contributed by atoms with E-state index in [2.05, 4.69) is 5.16 Å². The molecule has 2 N–H and O–H groups in total. The van der Waals surface area contributed by atoms with Crippen LogP contribution in [0.4, 0.5) is 5.69 Å². The monoisotopic (exact) mass is 226 g/mol. The van der Waals surface area contributed by atoms with Crippen LogP contribution in [-0.2, 0) is 0 Å². The van der Waals surface area contributed by atoms with E-state index in [1.807, 2.05) is 61.5 Å². The Bertz CT molecular complexity index is 521. The van der Waals surface area contributed by atoms with E-state index in [1.54, 1.807) is 0 Å². The molecule has 0 heterocycles. The average molecular weight is 226 g/mol. The van der Waals surface area contributed by atoms with E-state index in [4.69, 9.17) is 10.6 Å². The smallest absolute Gasteiger partial charge is 0.157 e. The van der Waals surface area contributed by atoms with Gasteiger partial charge in [-0.2, -0.15) is 0 Å². The zero-order valence-corrected chi connectivity index (χ0v) is 9.63. The highest BCUT2D eigenvalue weighted by molar-refractivity contribution is 6.02. The van der Waals surface area contributed by atoms with E-state index < -0.39 is 0 Å². The lowest BCUT2D eigenvalue weighted by molar-refractivity contribution is 0.341. The molecule has 0 amide bonds. The zero-order chi connectivity index (χ0) is 12.1. The minimum atomic E-state index is 0.699. The van der Waals surface area contributed by atoms with Gasteiger partial charge in [-0.05, 0) is 25.1 Å². The van der Waals surface area contributed by atoms with Crippen molar-refractivity contribution in [2.45, 2.75) is 6.92 Å². The molecule has 0 aliphatic rings. The van der Waals surface area contributed by atoms with Crippen LogP contribution in [0.2, 0.25) is 0 Å². The van der Waals surface area contributed by atoms with Gasteiger partial charge >= 0.3 is 0 Å². The molecule has 0 aliphatic heterocycles. The summed E-state index contributed by atoms with van der Waals surface area (Å²) in [4.78, 5) is 5.31. The van der Waals surface area contributed by atoms with Crippen LogP contribution in [0.5, 0.6) is 5.75 Å². The standard InChI is InChI=1S/C14H14N2O/c1-11(13-9-5-6-10-14(13)15)16-17-12-7-3-2-4-8-12/h2-10H,15H2,1H3/b16-11+. The molecule has 0 aromatic heterocycles. The molecule has 0 radical (unpaired) electrons. The lowest BCUT2D eigenvalue weighted by Crippen LogP contribution is -2.02. The number of nitrogens with two attached hydrogens (primary N) is 1. The number of benzene rings is 2. The van der Waals surface area contributed by atoms with Gasteiger partial charge in [0.1, 0.15) is 0 Å². The van der Waals surface area contributed by atoms with Crippen LogP contribution < -0.4 is 10.6 Å². The van der Waals surface area contributed by atoms with E-state index in [1.165, 1.54) is 0 Å². The van der Waals surface area contributed by atoms with Gasteiger partial charge in [0.15, 0.2) is 5.75 Å². The highest BCUT2D eigenvalue weighted by atomic mass is 16.6. The number of rotatable bonds is 3.